The number of aliphatic hydroxyl groups is 3. The van der Waals surface area contributed by atoms with Gasteiger partial charge in [-0.25, -0.2) is 0 Å². The van der Waals surface area contributed by atoms with Crippen molar-refractivity contribution in [3.8, 4) is 35.4 Å². The number of ether oxygens (including phenoxy) is 2. The van der Waals surface area contributed by atoms with Crippen LogP contribution < -0.4 is 20.9 Å². The van der Waals surface area contributed by atoms with Crippen molar-refractivity contribution in [1.29, 1.82) is 0 Å². The van der Waals surface area contributed by atoms with E-state index in [1.165, 1.54) is 0 Å². The van der Waals surface area contributed by atoms with Gasteiger partial charge in [0.15, 0.2) is 17.7 Å². The molecule has 2 aromatic rings. The summed E-state index contributed by atoms with van der Waals surface area (Å²) in [5, 5.41) is 33.3. The minimum atomic E-state index is -1.07. The lowest BCUT2D eigenvalue weighted by molar-refractivity contribution is -0.127. The highest BCUT2D eigenvalue weighted by Crippen LogP contribution is 2.49. The Kier molecular flexibility index (Phi) is 12.9. The van der Waals surface area contributed by atoms with Crippen LogP contribution in [-0.2, 0) is 17.6 Å². The Morgan fingerprint density at radius 2 is 1.86 bits per heavy atom. The van der Waals surface area contributed by atoms with Crippen molar-refractivity contribution >= 4 is 12.0 Å². The molecule has 1 fully saturated rings. The lowest BCUT2D eigenvalue weighted by atomic mass is 9.73. The lowest BCUT2D eigenvalue weighted by Gasteiger charge is -2.39. The van der Waals surface area contributed by atoms with Crippen molar-refractivity contribution in [1.82, 2.24) is 4.90 Å². The Morgan fingerprint density at radius 1 is 1.04 bits per heavy atom. The zero-order valence-electron chi connectivity index (χ0n) is 33.4. The number of allylic oxidation sites excluding steroid dienone is 1. The Labute approximate surface area is 337 Å². The number of nitrogens with zero attached hydrogens (tertiary/aromatic N) is 2. The zero-order valence-corrected chi connectivity index (χ0v) is 33.4. The summed E-state index contributed by atoms with van der Waals surface area (Å²) in [5.41, 5.74) is 17.9. The van der Waals surface area contributed by atoms with Crippen LogP contribution in [0.2, 0.25) is 0 Å². The monoisotopic (exact) mass is 774 g/mol. The van der Waals surface area contributed by atoms with Gasteiger partial charge in [0, 0.05) is 36.9 Å². The molecule has 6 atom stereocenters. The zero-order chi connectivity index (χ0) is 40.1. The SMILES string of the molecule is CCCCCC(C(=O)CCc1ccc2c(c1)OC1C(C#CC(O)c3ccc(C(N)N)cc3CC3=C4CN1C=C4N=C3)C1(C#CO2)CCCC1)C(O)CC(O)CCC. The van der Waals surface area contributed by atoms with Crippen LogP contribution in [0.4, 0.5) is 0 Å². The number of rotatable bonds is 14. The van der Waals surface area contributed by atoms with Crippen LogP contribution >= 0.6 is 0 Å². The van der Waals surface area contributed by atoms with Gasteiger partial charge < -0.3 is 41.2 Å². The van der Waals surface area contributed by atoms with E-state index in [1.807, 2.05) is 49.5 Å². The number of carbonyl (C=O) groups excluding carboxylic acids is 1. The van der Waals surface area contributed by atoms with Gasteiger partial charge in [0.25, 0.3) is 0 Å². The topological polar surface area (TPSA) is 164 Å². The van der Waals surface area contributed by atoms with Gasteiger partial charge in [0.1, 0.15) is 18.0 Å². The van der Waals surface area contributed by atoms with Crippen molar-refractivity contribution in [3.63, 3.8) is 0 Å². The van der Waals surface area contributed by atoms with E-state index >= 15 is 0 Å². The van der Waals surface area contributed by atoms with E-state index < -0.39 is 48.0 Å². The molecule has 4 heterocycles. The molecule has 2 bridgehead atoms. The van der Waals surface area contributed by atoms with E-state index in [2.05, 4.69) is 41.9 Å². The first-order valence-electron chi connectivity index (χ1n) is 21.0. The molecular weight excluding hydrogens is 717 g/mol. The number of aliphatic hydroxyl groups excluding tert-OH is 3. The van der Waals surface area contributed by atoms with Gasteiger partial charge in [0.2, 0.25) is 0 Å². The standard InChI is InChI=1S/C47H58N4O6/c1-3-5-6-10-36(42(55)26-34(52)9-4-2)41(54)16-11-30-12-18-43-44(23-30)57-46-38(47(21-22-56-43)19-7-8-20-47)15-17-40(53)35-14-13-31(45(48)49)24-32(35)25-33-27-50-39-29-51(46)28-37(33)39/h12-14,18,23-24,27,29,34,36,38,40,42,45-46,52-53,55H,3-11,16,19-20,25-26,28,48-49H2,1-2H3. The second kappa shape index (κ2) is 18.0. The average molecular weight is 775 g/mol. The number of hydrogen-bond acceptors (Lipinski definition) is 10. The summed E-state index contributed by atoms with van der Waals surface area (Å²) < 4.78 is 13.2. The summed E-state index contributed by atoms with van der Waals surface area (Å²) in [6, 6.07) is 11.4. The van der Waals surface area contributed by atoms with Gasteiger partial charge in [0.05, 0.1) is 35.4 Å². The maximum absolute atomic E-state index is 13.7. The summed E-state index contributed by atoms with van der Waals surface area (Å²) in [5.74, 6) is 10.3. The second-order valence-electron chi connectivity index (χ2n) is 16.6. The molecule has 6 unspecified atom stereocenters. The van der Waals surface area contributed by atoms with Gasteiger partial charge in [-0.3, -0.25) is 9.79 Å². The van der Waals surface area contributed by atoms with Gasteiger partial charge in [-0.15, -0.1) is 0 Å². The van der Waals surface area contributed by atoms with Gasteiger partial charge >= 0.3 is 0 Å². The second-order valence-corrected chi connectivity index (χ2v) is 16.6. The molecule has 0 saturated heterocycles. The molecule has 2 aromatic carbocycles. The average Bonchev–Trinajstić information content (AvgIpc) is 3.94. The van der Waals surface area contributed by atoms with E-state index in [4.69, 9.17) is 25.9 Å². The molecule has 7 N–H and O–H groups in total. The fourth-order valence-electron chi connectivity index (χ4n) is 9.22. The number of Topliss-reactive ketones (excluding diaryl/α,β-unsaturated/α-hetero) is 1. The molecule has 4 aliphatic heterocycles. The highest BCUT2D eigenvalue weighted by molar-refractivity contribution is 5.87. The summed E-state index contributed by atoms with van der Waals surface area (Å²) in [4.78, 5) is 20.7. The summed E-state index contributed by atoms with van der Waals surface area (Å²) >= 11 is 0. The van der Waals surface area contributed by atoms with E-state index in [-0.39, 0.29) is 18.6 Å². The quantitative estimate of drug-likeness (QED) is 0.0845. The minimum Gasteiger partial charge on any atom is -0.465 e. The molecule has 5 aliphatic rings. The molecule has 10 heteroatoms. The normalized spacial score (nSPS) is 23.1. The van der Waals surface area contributed by atoms with Crippen LogP contribution in [0, 0.1) is 41.1 Å². The smallest absolute Gasteiger partial charge is 0.187 e. The number of hydrogen-bond donors (Lipinski definition) is 5. The first-order valence-corrected chi connectivity index (χ1v) is 21.0. The van der Waals surface area contributed by atoms with Gasteiger partial charge in [-0.1, -0.05) is 94.4 Å². The fraction of sp³-hybridized carbons (Fsp3) is 0.532. The van der Waals surface area contributed by atoms with Gasteiger partial charge in [-0.05, 0) is 84.9 Å². The molecule has 302 valence electrons. The van der Waals surface area contributed by atoms with Crippen molar-refractivity contribution in [3.05, 3.63) is 81.7 Å². The number of aryl methyl sites for hydroxylation is 1. The molecule has 0 amide bonds. The molecule has 1 aliphatic carbocycles. The maximum Gasteiger partial charge on any atom is 0.187 e. The summed E-state index contributed by atoms with van der Waals surface area (Å²) in [6.45, 7) is 4.68. The Balaban J connectivity index is 1.21. The fourth-order valence-corrected chi connectivity index (χ4v) is 9.22. The molecular formula is C47H58N4O6. The van der Waals surface area contributed by atoms with Crippen LogP contribution in [0.5, 0.6) is 11.5 Å². The molecule has 0 radical (unpaired) electrons. The number of ketones is 1. The maximum atomic E-state index is 13.7. The van der Waals surface area contributed by atoms with Crippen LogP contribution in [0.3, 0.4) is 0 Å². The third kappa shape index (κ3) is 9.02. The van der Waals surface area contributed by atoms with E-state index in [1.54, 1.807) is 0 Å². The number of carbonyl (C=O) groups is 1. The molecule has 1 spiro atoms. The number of benzene rings is 2. The molecule has 0 aromatic heterocycles. The van der Waals surface area contributed by atoms with Crippen molar-refractivity contribution < 1.29 is 29.6 Å². The first kappa shape index (κ1) is 40.8. The van der Waals surface area contributed by atoms with Crippen LogP contribution in [0.25, 0.3) is 0 Å². The first-order chi connectivity index (χ1) is 27.6. The highest BCUT2D eigenvalue weighted by atomic mass is 16.5. The molecule has 1 saturated carbocycles. The number of nitrogens with two attached hydrogens (primary N) is 2. The van der Waals surface area contributed by atoms with Crippen molar-refractivity contribution in [2.75, 3.05) is 6.54 Å². The Hall–Kier alpha value is -4.42. The number of aliphatic imine (C=N–C) groups is 1. The van der Waals surface area contributed by atoms with E-state index in [0.717, 1.165) is 84.9 Å². The molecule has 57 heavy (non-hydrogen) atoms. The number of fused-ring (bicyclic) bond motifs is 6. The van der Waals surface area contributed by atoms with Crippen molar-refractivity contribution in [2.45, 2.75) is 134 Å². The largest absolute Gasteiger partial charge is 0.465 e. The Bertz CT molecular complexity index is 2030. The van der Waals surface area contributed by atoms with Crippen LogP contribution in [0.1, 0.15) is 125 Å². The van der Waals surface area contributed by atoms with E-state index in [9.17, 15) is 20.1 Å². The van der Waals surface area contributed by atoms with Gasteiger partial charge in [-0.2, -0.15) is 0 Å². The van der Waals surface area contributed by atoms with Crippen molar-refractivity contribution in [2.24, 2.45) is 33.7 Å². The van der Waals surface area contributed by atoms with Crippen LogP contribution in [0.15, 0.2) is 64.4 Å². The molecule has 10 nitrogen and oxygen atoms in total. The Morgan fingerprint density at radius 3 is 2.63 bits per heavy atom. The highest BCUT2D eigenvalue weighted by Gasteiger charge is 2.48. The summed E-state index contributed by atoms with van der Waals surface area (Å²) in [6.07, 6.45) is 13.1. The predicted molar refractivity (Wildman–Crippen MR) is 220 cm³/mol. The van der Waals surface area contributed by atoms with Crippen LogP contribution in [-0.4, -0.2) is 57.2 Å². The minimum absolute atomic E-state index is 0.00815. The summed E-state index contributed by atoms with van der Waals surface area (Å²) in [7, 11) is 0. The number of unbranched alkanes of at least 4 members (excludes halogenated alkanes) is 2. The third-order valence-electron chi connectivity index (χ3n) is 12.5. The predicted octanol–water partition coefficient (Wildman–Crippen LogP) is 6.28. The third-order valence-corrected chi connectivity index (χ3v) is 12.5. The lowest BCUT2D eigenvalue weighted by Crippen LogP contribution is -2.47. The molecule has 7 rings (SSSR count). The van der Waals surface area contributed by atoms with E-state index in [0.29, 0.717) is 49.3 Å².